The predicted molar refractivity (Wildman–Crippen MR) is 119 cm³/mol. The summed E-state index contributed by atoms with van der Waals surface area (Å²) in [6, 6.07) is 8.70. The third-order valence-electron chi connectivity index (χ3n) is 5.78. The molecular weight excluding hydrogens is 409 g/mol. The topological polar surface area (TPSA) is 84.3 Å². The highest BCUT2D eigenvalue weighted by molar-refractivity contribution is 5.94. The fraction of sp³-hybridized carbons (Fsp3) is 0.250. The van der Waals surface area contributed by atoms with Crippen molar-refractivity contribution in [1.29, 1.82) is 0 Å². The fourth-order valence-corrected chi connectivity index (χ4v) is 4.00. The Kier molecular flexibility index (Phi) is 5.36. The average molecular weight is 431 g/mol. The summed E-state index contributed by atoms with van der Waals surface area (Å²) in [4.78, 5) is 19.3. The van der Waals surface area contributed by atoms with E-state index in [0.717, 1.165) is 47.0 Å². The van der Waals surface area contributed by atoms with Crippen LogP contribution in [0.4, 0.5) is 10.1 Å². The summed E-state index contributed by atoms with van der Waals surface area (Å²) in [5, 5.41) is 11.1. The average Bonchev–Trinajstić information content (AvgIpc) is 2.82. The van der Waals surface area contributed by atoms with E-state index >= 15 is 0 Å². The van der Waals surface area contributed by atoms with Gasteiger partial charge in [-0.1, -0.05) is 0 Å². The van der Waals surface area contributed by atoms with Crippen LogP contribution in [-0.4, -0.2) is 51.3 Å². The normalized spacial score (nSPS) is 14.1. The Morgan fingerprint density at radius 3 is 2.72 bits per heavy atom. The van der Waals surface area contributed by atoms with Crippen molar-refractivity contribution in [3.05, 3.63) is 71.8 Å². The Balaban J connectivity index is 1.56. The smallest absolute Gasteiger partial charge is 0.136 e. The van der Waals surface area contributed by atoms with Crippen molar-refractivity contribution in [1.82, 2.24) is 19.9 Å². The molecule has 32 heavy (non-hydrogen) atoms. The molecule has 2 aromatic heterocycles. The molecule has 162 valence electrons. The number of ether oxygens (including phenoxy) is 1. The van der Waals surface area contributed by atoms with Gasteiger partial charge in [0.1, 0.15) is 24.2 Å². The summed E-state index contributed by atoms with van der Waals surface area (Å²) in [5.41, 5.74) is 4.84. The van der Waals surface area contributed by atoms with Crippen LogP contribution in [0.2, 0.25) is 0 Å². The molecular formula is C24H22FN5O2. The lowest BCUT2D eigenvalue weighted by Crippen LogP contribution is -2.36. The molecule has 1 aliphatic rings. The van der Waals surface area contributed by atoms with Gasteiger partial charge in [-0.15, -0.1) is 0 Å². The third kappa shape index (κ3) is 3.85. The SMILES string of the molecule is Cc1cncnc1Cc1cc(-c2ncnc3cc(N4CCOCC4)ccc23)c(F)cc1O. The summed E-state index contributed by atoms with van der Waals surface area (Å²) in [6.45, 7) is 4.94. The van der Waals surface area contributed by atoms with Crippen LogP contribution in [0.5, 0.6) is 5.75 Å². The van der Waals surface area contributed by atoms with Gasteiger partial charge in [0.25, 0.3) is 0 Å². The van der Waals surface area contributed by atoms with Crippen molar-refractivity contribution in [2.24, 2.45) is 0 Å². The van der Waals surface area contributed by atoms with Gasteiger partial charge in [-0.2, -0.15) is 0 Å². The van der Waals surface area contributed by atoms with Gasteiger partial charge in [0.2, 0.25) is 0 Å². The van der Waals surface area contributed by atoms with E-state index < -0.39 is 5.82 Å². The summed E-state index contributed by atoms with van der Waals surface area (Å²) >= 11 is 0. The van der Waals surface area contributed by atoms with Crippen LogP contribution in [0.15, 0.2) is 49.2 Å². The van der Waals surface area contributed by atoms with Crippen LogP contribution in [-0.2, 0) is 11.2 Å². The van der Waals surface area contributed by atoms with Gasteiger partial charge in [0.05, 0.1) is 30.1 Å². The molecule has 0 unspecified atom stereocenters. The predicted octanol–water partition coefficient (Wildman–Crippen LogP) is 3.67. The van der Waals surface area contributed by atoms with Crippen LogP contribution < -0.4 is 4.90 Å². The monoisotopic (exact) mass is 431 g/mol. The van der Waals surface area contributed by atoms with Gasteiger partial charge < -0.3 is 14.7 Å². The minimum atomic E-state index is -0.539. The maximum Gasteiger partial charge on any atom is 0.136 e. The molecule has 1 N–H and O–H groups in total. The molecule has 7 nitrogen and oxygen atoms in total. The number of aromatic hydroxyl groups is 1. The van der Waals surface area contributed by atoms with Gasteiger partial charge in [-0.3, -0.25) is 0 Å². The van der Waals surface area contributed by atoms with Gasteiger partial charge in [-0.05, 0) is 36.8 Å². The molecule has 0 bridgehead atoms. The molecule has 0 atom stereocenters. The second-order valence-electron chi connectivity index (χ2n) is 7.81. The second-order valence-corrected chi connectivity index (χ2v) is 7.81. The molecule has 0 spiro atoms. The first kappa shape index (κ1) is 20.3. The molecule has 0 aliphatic carbocycles. The zero-order valence-corrected chi connectivity index (χ0v) is 17.6. The lowest BCUT2D eigenvalue weighted by Gasteiger charge is -2.29. The van der Waals surface area contributed by atoms with E-state index in [9.17, 15) is 9.50 Å². The Bertz CT molecular complexity index is 1290. The number of fused-ring (bicyclic) bond motifs is 1. The Labute approximate surface area is 184 Å². The summed E-state index contributed by atoms with van der Waals surface area (Å²) in [6.07, 6.45) is 4.99. The highest BCUT2D eigenvalue weighted by Gasteiger charge is 2.18. The molecule has 1 aliphatic heterocycles. The van der Waals surface area contributed by atoms with Gasteiger partial charge in [0.15, 0.2) is 0 Å². The number of phenols is 1. The molecule has 0 amide bonds. The number of anilines is 1. The van der Waals surface area contributed by atoms with Gasteiger partial charge in [-0.25, -0.2) is 24.3 Å². The molecule has 8 heteroatoms. The van der Waals surface area contributed by atoms with Crippen LogP contribution >= 0.6 is 0 Å². The molecule has 3 heterocycles. The summed E-state index contributed by atoms with van der Waals surface area (Å²) < 4.78 is 20.4. The fourth-order valence-electron chi connectivity index (χ4n) is 4.00. The first-order chi connectivity index (χ1) is 15.6. The maximum absolute atomic E-state index is 15.0. The van der Waals surface area contributed by atoms with Crippen molar-refractivity contribution in [2.75, 3.05) is 31.2 Å². The number of nitrogens with zero attached hydrogens (tertiary/aromatic N) is 5. The molecule has 1 saturated heterocycles. The van der Waals surface area contributed by atoms with E-state index in [1.807, 2.05) is 25.1 Å². The lowest BCUT2D eigenvalue weighted by atomic mass is 9.99. The number of halogens is 1. The molecule has 4 aromatic rings. The van der Waals surface area contributed by atoms with E-state index in [4.69, 9.17) is 4.74 Å². The molecule has 5 rings (SSSR count). The number of phenolic OH excluding ortho intramolecular Hbond substituents is 1. The third-order valence-corrected chi connectivity index (χ3v) is 5.78. The Morgan fingerprint density at radius 2 is 1.91 bits per heavy atom. The number of morpholine rings is 1. The summed E-state index contributed by atoms with van der Waals surface area (Å²) in [7, 11) is 0. The highest BCUT2D eigenvalue weighted by atomic mass is 19.1. The van der Waals surface area contributed by atoms with E-state index in [1.54, 1.807) is 12.3 Å². The van der Waals surface area contributed by atoms with Crippen LogP contribution in [0.1, 0.15) is 16.8 Å². The van der Waals surface area contributed by atoms with Crippen molar-refractivity contribution in [2.45, 2.75) is 13.3 Å². The first-order valence-corrected chi connectivity index (χ1v) is 10.4. The molecule has 1 fully saturated rings. The molecule has 2 aromatic carbocycles. The van der Waals surface area contributed by atoms with E-state index in [-0.39, 0.29) is 5.75 Å². The first-order valence-electron chi connectivity index (χ1n) is 10.4. The van der Waals surface area contributed by atoms with Crippen LogP contribution in [0.25, 0.3) is 22.2 Å². The standard InChI is InChI=1S/C24H22FN5O2/c1-15-12-26-13-27-21(15)9-16-8-19(20(25)11-23(16)31)24-18-3-2-17(10-22(18)28-14-29-24)30-4-6-32-7-5-30/h2-3,8,10-14,31H,4-7,9H2,1H3. The van der Waals surface area contributed by atoms with E-state index in [0.29, 0.717) is 36.5 Å². The minimum absolute atomic E-state index is 0.114. The zero-order chi connectivity index (χ0) is 22.1. The van der Waals surface area contributed by atoms with E-state index in [2.05, 4.69) is 24.8 Å². The second kappa shape index (κ2) is 8.47. The largest absolute Gasteiger partial charge is 0.508 e. The Morgan fingerprint density at radius 1 is 1.06 bits per heavy atom. The maximum atomic E-state index is 15.0. The van der Waals surface area contributed by atoms with Crippen molar-refractivity contribution < 1.29 is 14.2 Å². The number of benzene rings is 2. The number of hydrogen-bond donors (Lipinski definition) is 1. The van der Waals surface area contributed by atoms with E-state index in [1.165, 1.54) is 12.7 Å². The van der Waals surface area contributed by atoms with Gasteiger partial charge in [0, 0.05) is 54.0 Å². The van der Waals surface area contributed by atoms with Crippen molar-refractivity contribution >= 4 is 16.6 Å². The van der Waals surface area contributed by atoms with Crippen molar-refractivity contribution in [3.63, 3.8) is 0 Å². The van der Waals surface area contributed by atoms with Crippen molar-refractivity contribution in [3.8, 4) is 17.0 Å². The zero-order valence-electron chi connectivity index (χ0n) is 17.6. The Hall–Kier alpha value is -3.65. The number of rotatable bonds is 4. The number of aromatic nitrogens is 4. The van der Waals surface area contributed by atoms with Crippen LogP contribution in [0, 0.1) is 12.7 Å². The minimum Gasteiger partial charge on any atom is -0.508 e. The highest BCUT2D eigenvalue weighted by Crippen LogP contribution is 2.34. The molecule has 0 saturated carbocycles. The quantitative estimate of drug-likeness (QED) is 0.528. The number of hydrogen-bond acceptors (Lipinski definition) is 7. The number of aryl methyl sites for hydroxylation is 1. The molecule has 0 radical (unpaired) electrons. The lowest BCUT2D eigenvalue weighted by molar-refractivity contribution is 0.122. The van der Waals surface area contributed by atoms with Gasteiger partial charge >= 0.3 is 0 Å². The summed E-state index contributed by atoms with van der Waals surface area (Å²) in [5.74, 6) is -0.653. The van der Waals surface area contributed by atoms with Crippen LogP contribution in [0.3, 0.4) is 0 Å².